The van der Waals surface area contributed by atoms with Gasteiger partial charge in [0.25, 0.3) is 0 Å². The van der Waals surface area contributed by atoms with Crippen LogP contribution in [0.3, 0.4) is 0 Å². The molecule has 0 fully saturated rings. The van der Waals surface area contributed by atoms with Crippen molar-refractivity contribution in [2.75, 3.05) is 27.3 Å². The Hall–Kier alpha value is -2.44. The van der Waals surface area contributed by atoms with Gasteiger partial charge in [0.1, 0.15) is 0 Å². The Kier molecular flexibility index (Phi) is 9.21. The Morgan fingerprint density at radius 1 is 1.16 bits per heavy atom. The maximum absolute atomic E-state index is 11.7. The van der Waals surface area contributed by atoms with E-state index in [9.17, 15) is 4.79 Å². The Morgan fingerprint density at radius 3 is 2.48 bits per heavy atom. The number of amides is 1. The molecule has 1 amide bonds. The third-order valence-electron chi connectivity index (χ3n) is 3.31. The van der Waals surface area contributed by atoms with Crippen molar-refractivity contribution < 1.29 is 14.3 Å². The smallest absolute Gasteiger partial charge is 0.221 e. The molecule has 0 heterocycles. The molecular formula is C18H30N4O3. The van der Waals surface area contributed by atoms with Gasteiger partial charge in [0.05, 0.1) is 20.8 Å². The van der Waals surface area contributed by atoms with Gasteiger partial charge < -0.3 is 25.4 Å². The largest absolute Gasteiger partial charge is 0.493 e. The van der Waals surface area contributed by atoms with Crippen LogP contribution in [0.5, 0.6) is 11.5 Å². The van der Waals surface area contributed by atoms with E-state index >= 15 is 0 Å². The third-order valence-corrected chi connectivity index (χ3v) is 3.31. The molecule has 0 saturated carbocycles. The standard InChI is InChI=1S/C18H30N4O3/c1-6-19-18(20-10-9-17(23)22-13(2)3)21-12-14-7-8-15(24-4)16(11-14)25-5/h7-8,11,13H,6,9-10,12H2,1-5H3,(H,22,23)(H2,19,20,21). The molecule has 0 unspecified atom stereocenters. The second kappa shape index (κ2) is 11.2. The highest BCUT2D eigenvalue weighted by atomic mass is 16.5. The van der Waals surface area contributed by atoms with Crippen LogP contribution in [0, 0.1) is 0 Å². The van der Waals surface area contributed by atoms with Gasteiger partial charge in [0.2, 0.25) is 5.91 Å². The lowest BCUT2D eigenvalue weighted by atomic mass is 10.2. The number of hydrogen-bond donors (Lipinski definition) is 3. The first kappa shape index (κ1) is 20.6. The van der Waals surface area contributed by atoms with Crippen LogP contribution in [0.25, 0.3) is 0 Å². The number of guanidine groups is 1. The molecule has 0 aliphatic carbocycles. The predicted molar refractivity (Wildman–Crippen MR) is 100 cm³/mol. The van der Waals surface area contributed by atoms with E-state index < -0.39 is 0 Å². The fourth-order valence-corrected chi connectivity index (χ4v) is 2.18. The van der Waals surface area contributed by atoms with Crippen molar-refractivity contribution in [3.63, 3.8) is 0 Å². The van der Waals surface area contributed by atoms with Gasteiger partial charge in [-0.25, -0.2) is 4.99 Å². The summed E-state index contributed by atoms with van der Waals surface area (Å²) >= 11 is 0. The number of ether oxygens (including phenoxy) is 2. The fourth-order valence-electron chi connectivity index (χ4n) is 2.18. The van der Waals surface area contributed by atoms with E-state index in [2.05, 4.69) is 20.9 Å². The lowest BCUT2D eigenvalue weighted by molar-refractivity contribution is -0.121. The number of carbonyl (C=O) groups excluding carboxylic acids is 1. The summed E-state index contributed by atoms with van der Waals surface area (Å²) in [5, 5.41) is 9.20. The van der Waals surface area contributed by atoms with Gasteiger partial charge in [-0.2, -0.15) is 0 Å². The molecule has 0 aromatic heterocycles. The number of rotatable bonds is 9. The first-order valence-electron chi connectivity index (χ1n) is 8.52. The first-order valence-corrected chi connectivity index (χ1v) is 8.52. The summed E-state index contributed by atoms with van der Waals surface area (Å²) in [6.07, 6.45) is 0.402. The van der Waals surface area contributed by atoms with Crippen LogP contribution in [0.15, 0.2) is 23.2 Å². The Balaban J connectivity index is 2.61. The molecular weight excluding hydrogens is 320 g/mol. The number of nitrogens with zero attached hydrogens (tertiary/aromatic N) is 1. The quantitative estimate of drug-likeness (QED) is 0.466. The first-order chi connectivity index (χ1) is 12.0. The number of aliphatic imine (C=N–C) groups is 1. The summed E-state index contributed by atoms with van der Waals surface area (Å²) in [4.78, 5) is 16.2. The van der Waals surface area contributed by atoms with Crippen molar-refractivity contribution in [2.45, 2.75) is 39.8 Å². The normalized spacial score (nSPS) is 11.2. The average molecular weight is 350 g/mol. The van der Waals surface area contributed by atoms with Gasteiger partial charge in [-0.05, 0) is 38.5 Å². The highest BCUT2D eigenvalue weighted by Gasteiger charge is 2.06. The molecule has 7 nitrogen and oxygen atoms in total. The van der Waals surface area contributed by atoms with Gasteiger partial charge in [-0.3, -0.25) is 4.79 Å². The van der Waals surface area contributed by atoms with Gasteiger partial charge in [0.15, 0.2) is 17.5 Å². The number of hydrogen-bond acceptors (Lipinski definition) is 4. The summed E-state index contributed by atoms with van der Waals surface area (Å²) in [6, 6.07) is 5.87. The van der Waals surface area contributed by atoms with Crippen LogP contribution in [-0.4, -0.2) is 45.2 Å². The molecule has 0 aliphatic rings. The van der Waals surface area contributed by atoms with Crippen LogP contribution >= 0.6 is 0 Å². The van der Waals surface area contributed by atoms with Crippen LogP contribution in [0.1, 0.15) is 32.8 Å². The lowest BCUT2D eigenvalue weighted by Gasteiger charge is -2.13. The van der Waals surface area contributed by atoms with E-state index in [1.807, 2.05) is 39.0 Å². The van der Waals surface area contributed by atoms with Crippen molar-refractivity contribution in [1.82, 2.24) is 16.0 Å². The minimum Gasteiger partial charge on any atom is -0.493 e. The summed E-state index contributed by atoms with van der Waals surface area (Å²) in [5.41, 5.74) is 1.01. The molecule has 1 aromatic carbocycles. The van der Waals surface area contributed by atoms with Gasteiger partial charge in [-0.1, -0.05) is 6.07 Å². The van der Waals surface area contributed by atoms with Gasteiger partial charge >= 0.3 is 0 Å². The molecule has 0 radical (unpaired) electrons. The van der Waals surface area contributed by atoms with Crippen molar-refractivity contribution >= 4 is 11.9 Å². The van der Waals surface area contributed by atoms with Gasteiger partial charge in [-0.15, -0.1) is 0 Å². The highest BCUT2D eigenvalue weighted by Crippen LogP contribution is 2.27. The third kappa shape index (κ3) is 7.78. The number of methoxy groups -OCH3 is 2. The molecule has 1 rings (SSSR count). The molecule has 25 heavy (non-hydrogen) atoms. The Labute approximate surface area is 150 Å². The molecule has 0 bridgehead atoms. The lowest BCUT2D eigenvalue weighted by Crippen LogP contribution is -2.40. The van der Waals surface area contributed by atoms with E-state index in [0.717, 1.165) is 12.1 Å². The Bertz CT molecular complexity index is 573. The van der Waals surface area contributed by atoms with Crippen molar-refractivity contribution in [3.8, 4) is 11.5 Å². The molecule has 0 atom stereocenters. The van der Waals surface area contributed by atoms with Crippen molar-refractivity contribution in [1.29, 1.82) is 0 Å². The van der Waals surface area contributed by atoms with Crippen molar-refractivity contribution in [2.24, 2.45) is 4.99 Å². The summed E-state index contributed by atoms with van der Waals surface area (Å²) < 4.78 is 10.5. The maximum Gasteiger partial charge on any atom is 0.221 e. The molecule has 0 spiro atoms. The van der Waals surface area contributed by atoms with E-state index in [-0.39, 0.29) is 11.9 Å². The zero-order valence-electron chi connectivity index (χ0n) is 15.8. The minimum atomic E-state index is 0.0261. The zero-order valence-corrected chi connectivity index (χ0v) is 15.8. The van der Waals surface area contributed by atoms with Crippen LogP contribution in [-0.2, 0) is 11.3 Å². The van der Waals surface area contributed by atoms with Gasteiger partial charge in [0, 0.05) is 25.6 Å². The minimum absolute atomic E-state index is 0.0261. The molecule has 0 aliphatic heterocycles. The topological polar surface area (TPSA) is 84.0 Å². The number of carbonyl (C=O) groups is 1. The fraction of sp³-hybridized carbons (Fsp3) is 0.556. The number of benzene rings is 1. The maximum atomic E-state index is 11.7. The molecule has 140 valence electrons. The molecule has 3 N–H and O–H groups in total. The average Bonchev–Trinajstić information content (AvgIpc) is 2.58. The van der Waals surface area contributed by atoms with Crippen LogP contribution in [0.4, 0.5) is 0 Å². The number of nitrogens with one attached hydrogen (secondary N) is 3. The second-order valence-electron chi connectivity index (χ2n) is 5.78. The molecule has 0 saturated heterocycles. The van der Waals surface area contributed by atoms with Crippen molar-refractivity contribution in [3.05, 3.63) is 23.8 Å². The Morgan fingerprint density at radius 2 is 1.88 bits per heavy atom. The predicted octanol–water partition coefficient (Wildman–Crippen LogP) is 1.67. The summed E-state index contributed by atoms with van der Waals surface area (Å²) in [6.45, 7) is 7.65. The molecule has 7 heteroatoms. The summed E-state index contributed by atoms with van der Waals surface area (Å²) in [7, 11) is 3.22. The molecule has 1 aromatic rings. The van der Waals surface area contributed by atoms with Crippen LogP contribution in [0.2, 0.25) is 0 Å². The van der Waals surface area contributed by atoms with E-state index in [1.165, 1.54) is 0 Å². The summed E-state index contributed by atoms with van der Waals surface area (Å²) in [5.74, 6) is 2.07. The monoisotopic (exact) mass is 350 g/mol. The highest BCUT2D eigenvalue weighted by molar-refractivity contribution is 5.81. The van der Waals surface area contributed by atoms with Crippen LogP contribution < -0.4 is 25.4 Å². The zero-order chi connectivity index (χ0) is 18.7. The van der Waals surface area contributed by atoms with E-state index in [4.69, 9.17) is 9.47 Å². The SMILES string of the molecule is CCNC(=NCc1ccc(OC)c(OC)c1)NCCC(=O)NC(C)C. The van der Waals surface area contributed by atoms with E-state index in [0.29, 0.717) is 37.0 Å². The second-order valence-corrected chi connectivity index (χ2v) is 5.78. The van der Waals surface area contributed by atoms with E-state index in [1.54, 1.807) is 14.2 Å².